The summed E-state index contributed by atoms with van der Waals surface area (Å²) in [6.07, 6.45) is 1.51. The average Bonchev–Trinajstić information content (AvgIpc) is 2.68. The third-order valence-electron chi connectivity index (χ3n) is 4.08. The van der Waals surface area contributed by atoms with Crippen LogP contribution >= 0.6 is 11.3 Å². The molecule has 1 saturated heterocycles. The second-order valence-electron chi connectivity index (χ2n) is 5.89. The highest BCUT2D eigenvalue weighted by molar-refractivity contribution is 7.10. The lowest BCUT2D eigenvalue weighted by Gasteiger charge is -2.42. The van der Waals surface area contributed by atoms with Gasteiger partial charge < -0.3 is 10.6 Å². The number of piperidine rings is 1. The van der Waals surface area contributed by atoms with Crippen LogP contribution in [0.2, 0.25) is 0 Å². The Morgan fingerprint density at radius 1 is 1.61 bits per heavy atom. The van der Waals surface area contributed by atoms with Crippen LogP contribution in [-0.2, 0) is 11.2 Å². The minimum Gasteiger partial charge on any atom is -0.341 e. The molecule has 1 atom stereocenters. The molecule has 0 radical (unpaired) electrons. The predicted octanol–water partition coefficient (Wildman–Crippen LogP) is 2.18. The predicted molar refractivity (Wildman–Crippen MR) is 75.7 cm³/mol. The molecular formula is C14H22N2OS. The molecule has 0 bridgehead atoms. The summed E-state index contributed by atoms with van der Waals surface area (Å²) in [6.45, 7) is 7.95. The van der Waals surface area contributed by atoms with E-state index in [0.29, 0.717) is 13.0 Å². The lowest BCUT2D eigenvalue weighted by Crippen LogP contribution is -2.54. The van der Waals surface area contributed by atoms with Crippen molar-refractivity contribution >= 4 is 17.2 Å². The maximum absolute atomic E-state index is 12.3. The molecule has 18 heavy (non-hydrogen) atoms. The summed E-state index contributed by atoms with van der Waals surface area (Å²) in [5, 5.41) is 2.04. The number of carbonyl (C=O) groups is 1. The molecule has 1 amide bonds. The lowest BCUT2D eigenvalue weighted by molar-refractivity contribution is -0.133. The molecule has 2 N–H and O–H groups in total. The number of nitrogens with zero attached hydrogens (tertiary/aromatic N) is 1. The highest BCUT2D eigenvalue weighted by Gasteiger charge is 2.34. The van der Waals surface area contributed by atoms with Crippen LogP contribution in [0.1, 0.15) is 30.7 Å². The van der Waals surface area contributed by atoms with Crippen molar-refractivity contribution in [2.24, 2.45) is 11.1 Å². The molecule has 0 saturated carbocycles. The average molecular weight is 266 g/mol. The summed E-state index contributed by atoms with van der Waals surface area (Å²) in [5.74, 6) is 0.214. The van der Waals surface area contributed by atoms with Crippen LogP contribution in [-0.4, -0.2) is 29.9 Å². The third kappa shape index (κ3) is 2.75. The van der Waals surface area contributed by atoms with E-state index in [1.165, 1.54) is 10.4 Å². The van der Waals surface area contributed by atoms with Crippen molar-refractivity contribution in [3.05, 3.63) is 21.9 Å². The van der Waals surface area contributed by atoms with Gasteiger partial charge in [0.25, 0.3) is 0 Å². The van der Waals surface area contributed by atoms with Gasteiger partial charge in [0.1, 0.15) is 0 Å². The maximum Gasteiger partial charge on any atom is 0.227 e. The van der Waals surface area contributed by atoms with Crippen LogP contribution in [0.4, 0.5) is 0 Å². The van der Waals surface area contributed by atoms with Gasteiger partial charge in [0.15, 0.2) is 0 Å². The Morgan fingerprint density at radius 2 is 2.33 bits per heavy atom. The molecule has 1 aliphatic rings. The second-order valence-corrected chi connectivity index (χ2v) is 6.89. The molecule has 0 spiro atoms. The summed E-state index contributed by atoms with van der Waals surface area (Å²) < 4.78 is 0. The Kier molecular flexibility index (Phi) is 3.78. The summed E-state index contributed by atoms with van der Waals surface area (Å²) in [7, 11) is 0. The van der Waals surface area contributed by atoms with E-state index < -0.39 is 0 Å². The molecule has 1 aromatic heterocycles. The largest absolute Gasteiger partial charge is 0.341 e. The van der Waals surface area contributed by atoms with Crippen molar-refractivity contribution in [1.82, 2.24) is 4.90 Å². The molecule has 100 valence electrons. The van der Waals surface area contributed by atoms with Crippen molar-refractivity contribution in [1.29, 1.82) is 0 Å². The van der Waals surface area contributed by atoms with E-state index in [1.54, 1.807) is 11.3 Å². The number of likely N-dealkylation sites (tertiary alicyclic amines) is 1. The molecule has 4 heteroatoms. The topological polar surface area (TPSA) is 46.3 Å². The number of amides is 1. The molecule has 1 unspecified atom stereocenters. The Bertz CT molecular complexity index is 439. The number of carbonyl (C=O) groups excluding carboxylic acids is 1. The van der Waals surface area contributed by atoms with Crippen LogP contribution < -0.4 is 5.73 Å². The van der Waals surface area contributed by atoms with Crippen molar-refractivity contribution in [3.8, 4) is 0 Å². The first-order chi connectivity index (χ1) is 8.40. The molecule has 0 aromatic carbocycles. The fraction of sp³-hybridized carbons (Fsp3) is 0.643. The van der Waals surface area contributed by atoms with Crippen LogP contribution in [0.5, 0.6) is 0 Å². The number of hydrogen-bond donors (Lipinski definition) is 1. The highest BCUT2D eigenvalue weighted by atomic mass is 32.1. The fourth-order valence-electron chi connectivity index (χ4n) is 2.25. The molecule has 1 fully saturated rings. The number of rotatable bonds is 2. The Morgan fingerprint density at radius 3 is 2.89 bits per heavy atom. The molecular weight excluding hydrogens is 244 g/mol. The highest BCUT2D eigenvalue weighted by Crippen LogP contribution is 2.29. The number of nitrogens with two attached hydrogens (primary N) is 1. The van der Waals surface area contributed by atoms with E-state index in [9.17, 15) is 4.79 Å². The maximum atomic E-state index is 12.3. The molecule has 1 aromatic rings. The summed E-state index contributed by atoms with van der Waals surface area (Å²) in [5.41, 5.74) is 7.52. The standard InChI is InChI=1S/C14H22N2OS/c1-10-4-7-18-11(10)8-13(17)16-6-5-14(2,3)12(15)9-16/h4,7,12H,5-6,8-9,15H2,1-3H3. The van der Waals surface area contributed by atoms with Gasteiger partial charge >= 0.3 is 0 Å². The molecule has 3 nitrogen and oxygen atoms in total. The summed E-state index contributed by atoms with van der Waals surface area (Å²) in [6, 6.07) is 2.15. The van der Waals surface area contributed by atoms with E-state index in [-0.39, 0.29) is 17.4 Å². The molecule has 0 aliphatic carbocycles. The minimum absolute atomic E-state index is 0.0830. The second kappa shape index (κ2) is 5.02. The third-order valence-corrected chi connectivity index (χ3v) is 5.10. The van der Waals surface area contributed by atoms with Gasteiger partial charge in [-0.2, -0.15) is 0 Å². The first-order valence-corrected chi connectivity index (χ1v) is 7.34. The monoisotopic (exact) mass is 266 g/mol. The van der Waals surface area contributed by atoms with Gasteiger partial charge in [0, 0.05) is 24.0 Å². The first kappa shape index (κ1) is 13.6. The smallest absolute Gasteiger partial charge is 0.227 e. The Hall–Kier alpha value is -0.870. The van der Waals surface area contributed by atoms with E-state index >= 15 is 0 Å². The number of hydrogen-bond acceptors (Lipinski definition) is 3. The molecule has 2 rings (SSSR count). The van der Waals surface area contributed by atoms with Gasteiger partial charge in [0.05, 0.1) is 6.42 Å². The van der Waals surface area contributed by atoms with Crippen molar-refractivity contribution in [3.63, 3.8) is 0 Å². The van der Waals surface area contributed by atoms with E-state index in [4.69, 9.17) is 5.73 Å². The van der Waals surface area contributed by atoms with Crippen molar-refractivity contribution in [2.75, 3.05) is 13.1 Å². The molecule has 1 aliphatic heterocycles. The van der Waals surface area contributed by atoms with Crippen LogP contribution in [0.15, 0.2) is 11.4 Å². The normalized spacial score (nSPS) is 23.1. The number of thiophene rings is 1. The fourth-order valence-corrected chi connectivity index (χ4v) is 3.14. The quantitative estimate of drug-likeness (QED) is 0.892. The van der Waals surface area contributed by atoms with Gasteiger partial charge in [-0.15, -0.1) is 11.3 Å². The SMILES string of the molecule is Cc1ccsc1CC(=O)N1CCC(C)(C)C(N)C1. The van der Waals surface area contributed by atoms with Gasteiger partial charge in [-0.3, -0.25) is 4.79 Å². The van der Waals surface area contributed by atoms with Crippen LogP contribution in [0.25, 0.3) is 0 Å². The lowest BCUT2D eigenvalue weighted by atomic mass is 9.78. The Labute approximate surface area is 113 Å². The van der Waals surface area contributed by atoms with Gasteiger partial charge in [-0.25, -0.2) is 0 Å². The van der Waals surface area contributed by atoms with Crippen LogP contribution in [0.3, 0.4) is 0 Å². The van der Waals surface area contributed by atoms with E-state index in [2.05, 4.69) is 26.8 Å². The first-order valence-electron chi connectivity index (χ1n) is 6.46. The van der Waals surface area contributed by atoms with Crippen molar-refractivity contribution in [2.45, 2.75) is 39.7 Å². The van der Waals surface area contributed by atoms with Gasteiger partial charge in [0.2, 0.25) is 5.91 Å². The molecule has 2 heterocycles. The van der Waals surface area contributed by atoms with Gasteiger partial charge in [-0.1, -0.05) is 13.8 Å². The zero-order valence-corrected chi connectivity index (χ0v) is 12.2. The number of aryl methyl sites for hydroxylation is 1. The minimum atomic E-state index is 0.0830. The van der Waals surface area contributed by atoms with Crippen LogP contribution in [0, 0.1) is 12.3 Å². The van der Waals surface area contributed by atoms with Gasteiger partial charge in [-0.05, 0) is 35.8 Å². The van der Waals surface area contributed by atoms with E-state index in [1.807, 2.05) is 10.3 Å². The zero-order valence-electron chi connectivity index (χ0n) is 11.4. The Balaban J connectivity index is 1.97. The van der Waals surface area contributed by atoms with E-state index in [0.717, 1.165) is 13.0 Å². The summed E-state index contributed by atoms with van der Waals surface area (Å²) in [4.78, 5) is 15.4. The summed E-state index contributed by atoms with van der Waals surface area (Å²) >= 11 is 1.66. The zero-order chi connectivity index (χ0) is 13.3. The van der Waals surface area contributed by atoms with Crippen molar-refractivity contribution < 1.29 is 4.79 Å².